The smallest absolute Gasteiger partial charge is 0.250 e. The molecular formula is C13H18N2O2. The fraction of sp³-hybridized carbons (Fsp3) is 0.308. The second-order valence-electron chi connectivity index (χ2n) is 4.20. The number of nitrogens with one attached hydrogen (secondary N) is 1. The zero-order chi connectivity index (χ0) is 13.0. The molecule has 4 nitrogen and oxygen atoms in total. The fourth-order valence-corrected chi connectivity index (χ4v) is 1.45. The van der Waals surface area contributed by atoms with E-state index in [2.05, 4.69) is 11.9 Å². The molecule has 17 heavy (non-hydrogen) atoms. The molecule has 1 atom stereocenters. The van der Waals surface area contributed by atoms with Crippen LogP contribution in [0.3, 0.4) is 0 Å². The lowest BCUT2D eigenvalue weighted by molar-refractivity contribution is -0.112. The molecule has 4 heteroatoms. The van der Waals surface area contributed by atoms with Crippen molar-refractivity contribution in [3.63, 3.8) is 0 Å². The quantitative estimate of drug-likeness (QED) is 0.548. The third-order valence-electron chi connectivity index (χ3n) is 2.28. The molecule has 1 aromatic carbocycles. The topological polar surface area (TPSA) is 75.4 Å². The molecule has 1 unspecified atom stereocenters. The van der Waals surface area contributed by atoms with Gasteiger partial charge < -0.3 is 16.2 Å². The predicted octanol–water partition coefficient (Wildman–Crippen LogP) is 1.71. The van der Waals surface area contributed by atoms with E-state index in [0.29, 0.717) is 23.4 Å². The van der Waals surface area contributed by atoms with Gasteiger partial charge in [-0.3, -0.25) is 4.79 Å². The van der Waals surface area contributed by atoms with Crippen molar-refractivity contribution >= 4 is 17.3 Å². The first kappa shape index (κ1) is 13.3. The van der Waals surface area contributed by atoms with Crippen molar-refractivity contribution in [1.29, 1.82) is 0 Å². The monoisotopic (exact) mass is 234 g/mol. The normalized spacial score (nSPS) is 11.9. The summed E-state index contributed by atoms with van der Waals surface area (Å²) < 4.78 is 0. The van der Waals surface area contributed by atoms with Crippen molar-refractivity contribution in [3.8, 4) is 0 Å². The SMILES string of the molecule is C=C(C)C(=O)Nc1ccc(N)cc1CC(C)O. The van der Waals surface area contributed by atoms with E-state index < -0.39 is 6.10 Å². The van der Waals surface area contributed by atoms with Crippen LogP contribution in [0.2, 0.25) is 0 Å². The molecule has 0 radical (unpaired) electrons. The fourth-order valence-electron chi connectivity index (χ4n) is 1.45. The minimum Gasteiger partial charge on any atom is -0.399 e. The first-order valence-corrected chi connectivity index (χ1v) is 5.43. The average Bonchev–Trinajstić information content (AvgIpc) is 2.20. The molecule has 0 saturated heterocycles. The van der Waals surface area contributed by atoms with Crippen LogP contribution in [0.25, 0.3) is 0 Å². The van der Waals surface area contributed by atoms with E-state index in [1.807, 2.05) is 0 Å². The van der Waals surface area contributed by atoms with Gasteiger partial charge in [0, 0.05) is 23.4 Å². The van der Waals surface area contributed by atoms with E-state index in [-0.39, 0.29) is 5.91 Å². The van der Waals surface area contributed by atoms with Crippen molar-refractivity contribution < 1.29 is 9.90 Å². The standard InChI is InChI=1S/C13H18N2O2/c1-8(2)13(17)15-12-5-4-11(14)7-10(12)6-9(3)16/h4-5,7,9,16H,1,6,14H2,2-3H3,(H,15,17). The van der Waals surface area contributed by atoms with Gasteiger partial charge in [-0.25, -0.2) is 0 Å². The Morgan fingerprint density at radius 1 is 1.59 bits per heavy atom. The number of aliphatic hydroxyl groups is 1. The van der Waals surface area contributed by atoms with Gasteiger partial charge in [0.2, 0.25) is 0 Å². The number of carbonyl (C=O) groups excluding carboxylic acids is 1. The van der Waals surface area contributed by atoms with Crippen LogP contribution < -0.4 is 11.1 Å². The van der Waals surface area contributed by atoms with Crippen molar-refractivity contribution in [3.05, 3.63) is 35.9 Å². The molecule has 92 valence electrons. The van der Waals surface area contributed by atoms with E-state index in [1.54, 1.807) is 32.0 Å². The lowest BCUT2D eigenvalue weighted by Gasteiger charge is -2.13. The molecular weight excluding hydrogens is 216 g/mol. The molecule has 4 N–H and O–H groups in total. The number of rotatable bonds is 4. The number of hydrogen-bond donors (Lipinski definition) is 3. The second kappa shape index (κ2) is 5.50. The summed E-state index contributed by atoms with van der Waals surface area (Å²) >= 11 is 0. The zero-order valence-corrected chi connectivity index (χ0v) is 10.2. The largest absolute Gasteiger partial charge is 0.399 e. The highest BCUT2D eigenvalue weighted by molar-refractivity contribution is 6.03. The molecule has 0 aliphatic carbocycles. The molecule has 0 spiro atoms. The molecule has 0 heterocycles. The Morgan fingerprint density at radius 2 is 2.24 bits per heavy atom. The molecule has 0 aliphatic heterocycles. The summed E-state index contributed by atoms with van der Waals surface area (Å²) in [6.07, 6.45) is -0.0473. The minimum atomic E-state index is -0.489. The summed E-state index contributed by atoms with van der Waals surface area (Å²) in [4.78, 5) is 11.5. The van der Waals surface area contributed by atoms with Gasteiger partial charge in [-0.1, -0.05) is 6.58 Å². The maximum Gasteiger partial charge on any atom is 0.250 e. The summed E-state index contributed by atoms with van der Waals surface area (Å²) in [5, 5.41) is 12.1. The van der Waals surface area contributed by atoms with Crippen LogP contribution in [0.1, 0.15) is 19.4 Å². The Morgan fingerprint density at radius 3 is 2.76 bits per heavy atom. The van der Waals surface area contributed by atoms with Gasteiger partial charge in [0.05, 0.1) is 6.10 Å². The van der Waals surface area contributed by atoms with Crippen molar-refractivity contribution in [2.45, 2.75) is 26.4 Å². The van der Waals surface area contributed by atoms with Crippen LogP contribution in [0.5, 0.6) is 0 Å². The molecule has 0 bridgehead atoms. The number of amides is 1. The number of carbonyl (C=O) groups is 1. The molecule has 0 aromatic heterocycles. The molecule has 1 rings (SSSR count). The van der Waals surface area contributed by atoms with Gasteiger partial charge in [-0.05, 0) is 37.6 Å². The number of hydrogen-bond acceptors (Lipinski definition) is 3. The van der Waals surface area contributed by atoms with Crippen LogP contribution in [0.4, 0.5) is 11.4 Å². The summed E-state index contributed by atoms with van der Waals surface area (Å²) in [5.74, 6) is -0.235. The zero-order valence-electron chi connectivity index (χ0n) is 10.2. The first-order chi connectivity index (χ1) is 7.90. The second-order valence-corrected chi connectivity index (χ2v) is 4.20. The van der Waals surface area contributed by atoms with E-state index in [1.165, 1.54) is 0 Å². The van der Waals surface area contributed by atoms with Crippen LogP contribution in [-0.2, 0) is 11.2 Å². The number of aliphatic hydroxyl groups excluding tert-OH is 1. The average molecular weight is 234 g/mol. The summed E-state index contributed by atoms with van der Waals surface area (Å²) in [5.41, 5.74) is 8.20. The maximum absolute atomic E-state index is 11.5. The summed E-state index contributed by atoms with van der Waals surface area (Å²) in [6, 6.07) is 5.19. The van der Waals surface area contributed by atoms with Crippen LogP contribution >= 0.6 is 0 Å². The molecule has 1 amide bonds. The third kappa shape index (κ3) is 3.92. The number of nitrogen functional groups attached to an aromatic ring is 1. The van der Waals surface area contributed by atoms with E-state index in [0.717, 1.165) is 5.56 Å². The Kier molecular flexibility index (Phi) is 4.29. The Hall–Kier alpha value is -1.81. The maximum atomic E-state index is 11.5. The van der Waals surface area contributed by atoms with Gasteiger partial charge in [0.25, 0.3) is 5.91 Å². The predicted molar refractivity (Wildman–Crippen MR) is 69.7 cm³/mol. The lowest BCUT2D eigenvalue weighted by Crippen LogP contribution is -2.15. The summed E-state index contributed by atoms with van der Waals surface area (Å²) in [6.45, 7) is 6.90. The number of nitrogens with two attached hydrogens (primary N) is 1. The van der Waals surface area contributed by atoms with Crippen LogP contribution in [0.15, 0.2) is 30.4 Å². The van der Waals surface area contributed by atoms with Crippen molar-refractivity contribution in [1.82, 2.24) is 0 Å². The van der Waals surface area contributed by atoms with E-state index >= 15 is 0 Å². The summed E-state index contributed by atoms with van der Waals surface area (Å²) in [7, 11) is 0. The van der Waals surface area contributed by atoms with Gasteiger partial charge in [-0.2, -0.15) is 0 Å². The lowest BCUT2D eigenvalue weighted by atomic mass is 10.1. The van der Waals surface area contributed by atoms with E-state index in [9.17, 15) is 9.90 Å². The minimum absolute atomic E-state index is 0.235. The van der Waals surface area contributed by atoms with Gasteiger partial charge in [0.1, 0.15) is 0 Å². The molecule has 1 aromatic rings. The number of benzene rings is 1. The first-order valence-electron chi connectivity index (χ1n) is 5.43. The Labute approximate surface area is 101 Å². The van der Waals surface area contributed by atoms with Crippen LogP contribution in [-0.4, -0.2) is 17.1 Å². The number of anilines is 2. The van der Waals surface area contributed by atoms with Crippen molar-refractivity contribution in [2.24, 2.45) is 0 Å². The van der Waals surface area contributed by atoms with E-state index in [4.69, 9.17) is 5.73 Å². The van der Waals surface area contributed by atoms with Crippen LogP contribution in [0, 0.1) is 0 Å². The molecule has 0 aliphatic rings. The highest BCUT2D eigenvalue weighted by Gasteiger charge is 2.09. The van der Waals surface area contributed by atoms with Gasteiger partial charge >= 0.3 is 0 Å². The molecule has 0 fully saturated rings. The highest BCUT2D eigenvalue weighted by Crippen LogP contribution is 2.21. The van der Waals surface area contributed by atoms with Gasteiger partial charge in [-0.15, -0.1) is 0 Å². The van der Waals surface area contributed by atoms with Crippen molar-refractivity contribution in [2.75, 3.05) is 11.1 Å². The molecule has 0 saturated carbocycles. The Balaban J connectivity index is 2.97. The highest BCUT2D eigenvalue weighted by atomic mass is 16.3. The van der Waals surface area contributed by atoms with Gasteiger partial charge in [0.15, 0.2) is 0 Å². The Bertz CT molecular complexity index is 439. The third-order valence-corrected chi connectivity index (χ3v) is 2.28.